The lowest BCUT2D eigenvalue weighted by Crippen LogP contribution is -2.12. The molecule has 82 valence electrons. The van der Waals surface area contributed by atoms with Gasteiger partial charge < -0.3 is 5.73 Å². The number of aryl methyl sites for hydroxylation is 1. The normalized spacial score (nSPS) is 10.3. The number of pyridine rings is 1. The highest BCUT2D eigenvalue weighted by Gasteiger charge is 2.05. The smallest absolute Gasteiger partial charge is 0.214 e. The van der Waals surface area contributed by atoms with Gasteiger partial charge in [-0.25, -0.2) is 9.97 Å². The largest absolute Gasteiger partial charge is 0.382 e. The van der Waals surface area contributed by atoms with Crippen molar-refractivity contribution in [3.63, 3.8) is 0 Å². The van der Waals surface area contributed by atoms with Gasteiger partial charge in [0.2, 0.25) is 5.16 Å². The van der Waals surface area contributed by atoms with Crippen molar-refractivity contribution in [3.05, 3.63) is 29.7 Å². The van der Waals surface area contributed by atoms with Crippen molar-refractivity contribution < 1.29 is 0 Å². The van der Waals surface area contributed by atoms with Crippen LogP contribution in [0.15, 0.2) is 28.4 Å². The fourth-order valence-electron chi connectivity index (χ4n) is 1.08. The highest BCUT2D eigenvalue weighted by atomic mass is 32.2. The van der Waals surface area contributed by atoms with Crippen molar-refractivity contribution in [1.82, 2.24) is 20.2 Å². The van der Waals surface area contributed by atoms with Gasteiger partial charge >= 0.3 is 0 Å². The predicted octanol–water partition coefficient (Wildman–Crippen LogP) is 0.943. The number of hydrogen-bond donors (Lipinski definition) is 3. The van der Waals surface area contributed by atoms with Gasteiger partial charge in [-0.2, -0.15) is 0 Å². The standard InChI is InChI=1S/C9H10N6S/c1-5-12-9(15-14-5)16-7-4-2-3-6(13-7)8(10)11/h2-4H,1H3,(H3,10,11)(H,12,14,15). The second kappa shape index (κ2) is 4.31. The number of hydrogen-bond acceptors (Lipinski definition) is 5. The summed E-state index contributed by atoms with van der Waals surface area (Å²) in [5.74, 6) is 0.707. The molecule has 0 amide bonds. The topological polar surface area (TPSA) is 104 Å². The highest BCUT2D eigenvalue weighted by molar-refractivity contribution is 7.99. The lowest BCUT2D eigenvalue weighted by Gasteiger charge is -1.99. The zero-order valence-electron chi connectivity index (χ0n) is 8.56. The summed E-state index contributed by atoms with van der Waals surface area (Å²) >= 11 is 1.32. The molecule has 0 saturated carbocycles. The van der Waals surface area contributed by atoms with Gasteiger partial charge in [0.05, 0.1) is 0 Å². The number of H-pyrrole nitrogens is 1. The molecule has 0 bridgehead atoms. The molecule has 0 aliphatic rings. The van der Waals surface area contributed by atoms with Gasteiger partial charge in [0.1, 0.15) is 22.4 Å². The van der Waals surface area contributed by atoms with E-state index in [1.165, 1.54) is 11.8 Å². The van der Waals surface area contributed by atoms with E-state index in [1.54, 1.807) is 12.1 Å². The molecule has 0 spiro atoms. The Kier molecular flexibility index (Phi) is 2.86. The van der Waals surface area contributed by atoms with Gasteiger partial charge in [0.15, 0.2) is 0 Å². The van der Waals surface area contributed by atoms with E-state index in [9.17, 15) is 0 Å². The van der Waals surface area contributed by atoms with Crippen molar-refractivity contribution in [3.8, 4) is 0 Å². The summed E-state index contributed by atoms with van der Waals surface area (Å²) in [4.78, 5) is 8.35. The average Bonchev–Trinajstić information content (AvgIpc) is 2.64. The van der Waals surface area contributed by atoms with Gasteiger partial charge in [-0.3, -0.25) is 10.5 Å². The van der Waals surface area contributed by atoms with Crippen LogP contribution in [0.25, 0.3) is 0 Å². The van der Waals surface area contributed by atoms with E-state index in [0.29, 0.717) is 15.9 Å². The SMILES string of the molecule is Cc1nc(Sc2cccc(C(=N)N)n2)n[nH]1. The maximum atomic E-state index is 7.28. The summed E-state index contributed by atoms with van der Waals surface area (Å²) in [7, 11) is 0. The summed E-state index contributed by atoms with van der Waals surface area (Å²) < 4.78 is 0. The second-order valence-corrected chi connectivity index (χ2v) is 4.07. The first-order valence-corrected chi connectivity index (χ1v) is 5.35. The molecule has 2 rings (SSSR count). The molecular weight excluding hydrogens is 224 g/mol. The van der Waals surface area contributed by atoms with Crippen molar-refractivity contribution >= 4 is 17.6 Å². The van der Waals surface area contributed by atoms with Crippen LogP contribution < -0.4 is 5.73 Å². The van der Waals surface area contributed by atoms with Crippen LogP contribution in [0.3, 0.4) is 0 Å². The van der Waals surface area contributed by atoms with E-state index in [1.807, 2.05) is 13.0 Å². The Labute approximate surface area is 96.2 Å². The van der Waals surface area contributed by atoms with Crippen molar-refractivity contribution in [2.45, 2.75) is 17.1 Å². The van der Waals surface area contributed by atoms with E-state index < -0.39 is 0 Å². The molecule has 0 aliphatic carbocycles. The minimum Gasteiger partial charge on any atom is -0.382 e. The van der Waals surface area contributed by atoms with E-state index in [4.69, 9.17) is 11.1 Å². The van der Waals surface area contributed by atoms with Crippen molar-refractivity contribution in [2.75, 3.05) is 0 Å². The van der Waals surface area contributed by atoms with Crippen molar-refractivity contribution in [1.29, 1.82) is 5.41 Å². The Morgan fingerprint density at radius 3 is 2.88 bits per heavy atom. The summed E-state index contributed by atoms with van der Waals surface area (Å²) in [5, 5.41) is 15.3. The fraction of sp³-hybridized carbons (Fsp3) is 0.111. The van der Waals surface area contributed by atoms with Crippen LogP contribution in [0.4, 0.5) is 0 Å². The Morgan fingerprint density at radius 2 is 2.25 bits per heavy atom. The van der Waals surface area contributed by atoms with Crippen LogP contribution in [0, 0.1) is 12.3 Å². The average molecular weight is 234 g/mol. The summed E-state index contributed by atoms with van der Waals surface area (Å²) in [5.41, 5.74) is 5.81. The van der Waals surface area contributed by atoms with Gasteiger partial charge in [-0.1, -0.05) is 6.07 Å². The summed E-state index contributed by atoms with van der Waals surface area (Å²) in [6.45, 7) is 1.83. The first-order chi connectivity index (χ1) is 7.65. The van der Waals surface area contributed by atoms with Crippen LogP contribution in [-0.2, 0) is 0 Å². The molecule has 0 aliphatic heterocycles. The maximum Gasteiger partial charge on any atom is 0.214 e. The molecule has 2 heterocycles. The lowest BCUT2D eigenvalue weighted by molar-refractivity contribution is 0.963. The Balaban J connectivity index is 2.21. The molecule has 4 N–H and O–H groups in total. The van der Waals surface area contributed by atoms with Crippen LogP contribution in [0.2, 0.25) is 0 Å². The molecule has 16 heavy (non-hydrogen) atoms. The number of amidine groups is 1. The molecule has 0 fully saturated rings. The zero-order valence-corrected chi connectivity index (χ0v) is 9.38. The molecule has 0 aromatic carbocycles. The molecule has 0 saturated heterocycles. The molecule has 0 unspecified atom stereocenters. The Morgan fingerprint density at radius 1 is 1.44 bits per heavy atom. The predicted molar refractivity (Wildman–Crippen MR) is 60.5 cm³/mol. The fourth-order valence-corrected chi connectivity index (χ4v) is 1.83. The molecule has 2 aromatic heterocycles. The number of nitrogens with two attached hydrogens (primary N) is 1. The van der Waals surface area contributed by atoms with E-state index in [-0.39, 0.29) is 5.84 Å². The van der Waals surface area contributed by atoms with E-state index in [2.05, 4.69) is 20.2 Å². The van der Waals surface area contributed by atoms with Crippen LogP contribution in [0.5, 0.6) is 0 Å². The van der Waals surface area contributed by atoms with Gasteiger partial charge in [-0.15, -0.1) is 5.10 Å². The number of nitrogen functional groups attached to an aromatic ring is 1. The Bertz CT molecular complexity index is 520. The molecule has 0 atom stereocenters. The first-order valence-electron chi connectivity index (χ1n) is 4.53. The minimum atomic E-state index is -0.0476. The summed E-state index contributed by atoms with van der Waals surface area (Å²) in [6.07, 6.45) is 0. The number of rotatable bonds is 3. The van der Waals surface area contributed by atoms with Crippen LogP contribution in [-0.4, -0.2) is 26.0 Å². The first kappa shape index (κ1) is 10.6. The minimum absolute atomic E-state index is 0.0476. The molecule has 0 radical (unpaired) electrons. The van der Waals surface area contributed by atoms with Gasteiger partial charge in [-0.05, 0) is 30.8 Å². The van der Waals surface area contributed by atoms with Crippen molar-refractivity contribution in [2.24, 2.45) is 5.73 Å². The molecular formula is C9H10N6S. The molecule has 6 nitrogen and oxygen atoms in total. The number of aromatic nitrogens is 4. The number of nitrogens with one attached hydrogen (secondary N) is 2. The second-order valence-electron chi connectivity index (χ2n) is 3.08. The number of aromatic amines is 1. The van der Waals surface area contributed by atoms with E-state index >= 15 is 0 Å². The van der Waals surface area contributed by atoms with Gasteiger partial charge in [0, 0.05) is 0 Å². The van der Waals surface area contributed by atoms with Crippen LogP contribution >= 0.6 is 11.8 Å². The summed E-state index contributed by atoms with van der Waals surface area (Å²) in [6, 6.07) is 5.31. The van der Waals surface area contributed by atoms with Gasteiger partial charge in [0.25, 0.3) is 0 Å². The third-order valence-electron chi connectivity index (χ3n) is 1.77. The lowest BCUT2D eigenvalue weighted by atomic mass is 10.3. The molecule has 2 aromatic rings. The Hall–Kier alpha value is -1.89. The number of nitrogens with zero attached hydrogens (tertiary/aromatic N) is 3. The molecule has 7 heteroatoms. The van der Waals surface area contributed by atoms with E-state index in [0.717, 1.165) is 5.82 Å². The monoisotopic (exact) mass is 234 g/mol. The maximum absolute atomic E-state index is 7.28. The highest BCUT2D eigenvalue weighted by Crippen LogP contribution is 2.22. The zero-order chi connectivity index (χ0) is 11.5. The van der Waals surface area contributed by atoms with Crippen LogP contribution in [0.1, 0.15) is 11.5 Å². The quantitative estimate of drug-likeness (QED) is 0.541. The third-order valence-corrected chi connectivity index (χ3v) is 2.57. The third kappa shape index (κ3) is 2.37.